The van der Waals surface area contributed by atoms with E-state index in [0.717, 1.165) is 19.4 Å². The van der Waals surface area contributed by atoms with Gasteiger partial charge in [0.25, 0.3) is 0 Å². The third-order valence-electron chi connectivity index (χ3n) is 2.27. The lowest BCUT2D eigenvalue weighted by Crippen LogP contribution is -2.13. The minimum atomic E-state index is -0.460. The Balaban J connectivity index is 2.12. The summed E-state index contributed by atoms with van der Waals surface area (Å²) in [6.07, 6.45) is 3.45. The highest BCUT2D eigenvalue weighted by atomic mass is 16.5. The maximum Gasteiger partial charge on any atom is 0.360 e. The first-order chi connectivity index (χ1) is 6.81. The van der Waals surface area contributed by atoms with E-state index in [9.17, 15) is 4.79 Å². The van der Waals surface area contributed by atoms with Crippen molar-refractivity contribution in [2.24, 2.45) is 0 Å². The average molecular weight is 196 g/mol. The van der Waals surface area contributed by atoms with Gasteiger partial charge in [-0.05, 0) is 19.4 Å². The van der Waals surface area contributed by atoms with Gasteiger partial charge in [0, 0.05) is 0 Å². The predicted octanol–water partition coefficient (Wildman–Crippen LogP) is 0.886. The van der Waals surface area contributed by atoms with Gasteiger partial charge >= 0.3 is 5.97 Å². The topological polar surface area (TPSA) is 64.4 Å². The number of carbonyl (C=O) groups is 1. The molecule has 0 aliphatic carbocycles. The number of aromatic nitrogens is 1. The Hall–Kier alpha value is -1.36. The maximum atomic E-state index is 11.1. The number of carbonyl (C=O) groups excluding carboxylic acids is 1. The summed E-state index contributed by atoms with van der Waals surface area (Å²) >= 11 is 0. The highest BCUT2D eigenvalue weighted by Gasteiger charge is 2.22. The van der Waals surface area contributed by atoms with Gasteiger partial charge in [0.15, 0.2) is 5.69 Å². The van der Waals surface area contributed by atoms with Crippen LogP contribution in [-0.4, -0.2) is 24.6 Å². The molecule has 1 aromatic heterocycles. The fourth-order valence-electron chi connectivity index (χ4n) is 1.54. The second-order valence-corrected chi connectivity index (χ2v) is 3.21. The number of esters is 1. The highest BCUT2D eigenvalue weighted by molar-refractivity contribution is 5.86. The maximum absolute atomic E-state index is 11.1. The second kappa shape index (κ2) is 3.79. The first kappa shape index (κ1) is 9.21. The Kier molecular flexibility index (Phi) is 2.49. The van der Waals surface area contributed by atoms with E-state index in [0.29, 0.717) is 5.89 Å². The van der Waals surface area contributed by atoms with Crippen LogP contribution in [0.3, 0.4) is 0 Å². The lowest BCUT2D eigenvalue weighted by molar-refractivity contribution is 0.0594. The van der Waals surface area contributed by atoms with E-state index in [1.807, 2.05) is 0 Å². The van der Waals surface area contributed by atoms with Gasteiger partial charge in [-0.25, -0.2) is 9.78 Å². The molecule has 5 heteroatoms. The van der Waals surface area contributed by atoms with Crippen molar-refractivity contribution in [2.75, 3.05) is 13.7 Å². The van der Waals surface area contributed by atoms with Crippen molar-refractivity contribution in [1.82, 2.24) is 10.3 Å². The van der Waals surface area contributed by atoms with Crippen LogP contribution in [0.25, 0.3) is 0 Å². The normalized spacial score (nSPS) is 21.1. The molecule has 1 aliphatic heterocycles. The summed E-state index contributed by atoms with van der Waals surface area (Å²) in [5.74, 6) is 0.112. The number of nitrogens with one attached hydrogen (secondary N) is 1. The Morgan fingerprint density at radius 2 is 2.64 bits per heavy atom. The standard InChI is InChI=1S/C9H12N2O3/c1-13-9(12)7-5-14-8(11-7)6-3-2-4-10-6/h5-6,10H,2-4H2,1H3/t6-/m1/s1. The number of methoxy groups -OCH3 is 1. The Morgan fingerprint density at radius 1 is 1.79 bits per heavy atom. The van der Waals surface area contributed by atoms with E-state index in [2.05, 4.69) is 15.0 Å². The quantitative estimate of drug-likeness (QED) is 0.711. The largest absolute Gasteiger partial charge is 0.464 e. The van der Waals surface area contributed by atoms with Gasteiger partial charge in [0.05, 0.1) is 13.2 Å². The van der Waals surface area contributed by atoms with Gasteiger partial charge in [0.1, 0.15) is 6.26 Å². The summed E-state index contributed by atoms with van der Waals surface area (Å²) in [5, 5.41) is 3.23. The molecule has 0 aromatic carbocycles. The van der Waals surface area contributed by atoms with Crippen molar-refractivity contribution < 1.29 is 13.9 Å². The summed E-state index contributed by atoms with van der Waals surface area (Å²) in [6, 6.07) is 0.147. The highest BCUT2D eigenvalue weighted by Crippen LogP contribution is 2.22. The Morgan fingerprint density at radius 3 is 3.29 bits per heavy atom. The molecule has 0 bridgehead atoms. The molecule has 0 unspecified atom stereocenters. The van der Waals surface area contributed by atoms with Gasteiger partial charge in [-0.3, -0.25) is 0 Å². The van der Waals surface area contributed by atoms with Crippen LogP contribution in [0.4, 0.5) is 0 Å². The van der Waals surface area contributed by atoms with E-state index in [-0.39, 0.29) is 11.7 Å². The van der Waals surface area contributed by atoms with E-state index < -0.39 is 5.97 Å². The molecular weight excluding hydrogens is 184 g/mol. The smallest absolute Gasteiger partial charge is 0.360 e. The minimum Gasteiger partial charge on any atom is -0.464 e. The van der Waals surface area contributed by atoms with E-state index in [1.165, 1.54) is 13.4 Å². The molecule has 0 amide bonds. The lowest BCUT2D eigenvalue weighted by Gasteiger charge is -2.02. The van der Waals surface area contributed by atoms with Gasteiger partial charge in [-0.1, -0.05) is 0 Å². The molecule has 1 aromatic rings. The first-order valence-corrected chi connectivity index (χ1v) is 4.58. The fraction of sp³-hybridized carbons (Fsp3) is 0.556. The Bertz CT molecular complexity index is 329. The van der Waals surface area contributed by atoms with Gasteiger partial charge < -0.3 is 14.5 Å². The minimum absolute atomic E-state index is 0.147. The summed E-state index contributed by atoms with van der Waals surface area (Å²) in [6.45, 7) is 0.973. The van der Waals surface area contributed by atoms with E-state index >= 15 is 0 Å². The molecule has 1 atom stereocenters. The summed E-state index contributed by atoms with van der Waals surface area (Å²) in [4.78, 5) is 15.1. The number of nitrogens with zero attached hydrogens (tertiary/aromatic N) is 1. The predicted molar refractivity (Wildman–Crippen MR) is 47.8 cm³/mol. The average Bonchev–Trinajstić information content (AvgIpc) is 2.86. The molecule has 0 saturated carbocycles. The van der Waals surface area contributed by atoms with Crippen LogP contribution in [0.5, 0.6) is 0 Å². The van der Waals surface area contributed by atoms with E-state index in [4.69, 9.17) is 4.42 Å². The van der Waals surface area contributed by atoms with Crippen molar-refractivity contribution in [3.05, 3.63) is 17.8 Å². The van der Waals surface area contributed by atoms with Crippen molar-refractivity contribution in [3.8, 4) is 0 Å². The molecule has 1 aliphatic rings. The number of ether oxygens (including phenoxy) is 1. The van der Waals surface area contributed by atoms with Crippen LogP contribution in [-0.2, 0) is 4.74 Å². The zero-order chi connectivity index (χ0) is 9.97. The van der Waals surface area contributed by atoms with Crippen molar-refractivity contribution in [3.63, 3.8) is 0 Å². The van der Waals surface area contributed by atoms with Crippen LogP contribution in [0.2, 0.25) is 0 Å². The fourth-order valence-corrected chi connectivity index (χ4v) is 1.54. The van der Waals surface area contributed by atoms with Gasteiger partial charge in [0.2, 0.25) is 5.89 Å². The zero-order valence-corrected chi connectivity index (χ0v) is 7.95. The molecule has 76 valence electrons. The van der Waals surface area contributed by atoms with Crippen LogP contribution in [0.1, 0.15) is 35.3 Å². The monoisotopic (exact) mass is 196 g/mol. The van der Waals surface area contributed by atoms with Gasteiger partial charge in [-0.15, -0.1) is 0 Å². The van der Waals surface area contributed by atoms with Crippen molar-refractivity contribution >= 4 is 5.97 Å². The SMILES string of the molecule is COC(=O)c1coc([C@H]2CCCN2)n1. The molecule has 1 N–H and O–H groups in total. The third-order valence-corrected chi connectivity index (χ3v) is 2.27. The molecule has 1 saturated heterocycles. The van der Waals surface area contributed by atoms with Gasteiger partial charge in [-0.2, -0.15) is 0 Å². The van der Waals surface area contributed by atoms with Crippen LogP contribution in [0.15, 0.2) is 10.7 Å². The van der Waals surface area contributed by atoms with Crippen LogP contribution in [0, 0.1) is 0 Å². The second-order valence-electron chi connectivity index (χ2n) is 3.21. The molecule has 0 spiro atoms. The molecular formula is C9H12N2O3. The number of hydrogen-bond donors (Lipinski definition) is 1. The molecule has 14 heavy (non-hydrogen) atoms. The summed E-state index contributed by atoms with van der Waals surface area (Å²) < 4.78 is 9.73. The lowest BCUT2D eigenvalue weighted by atomic mass is 10.2. The van der Waals surface area contributed by atoms with Crippen LogP contribution < -0.4 is 5.32 Å². The Labute approximate surface area is 81.5 Å². The molecule has 1 fully saturated rings. The summed E-state index contributed by atoms with van der Waals surface area (Å²) in [5.41, 5.74) is 0.233. The first-order valence-electron chi connectivity index (χ1n) is 4.58. The van der Waals surface area contributed by atoms with Crippen molar-refractivity contribution in [2.45, 2.75) is 18.9 Å². The number of oxazole rings is 1. The molecule has 2 rings (SSSR count). The van der Waals surface area contributed by atoms with Crippen molar-refractivity contribution in [1.29, 1.82) is 0 Å². The van der Waals surface area contributed by atoms with Crippen LogP contribution >= 0.6 is 0 Å². The number of hydrogen-bond acceptors (Lipinski definition) is 5. The zero-order valence-electron chi connectivity index (χ0n) is 7.95. The molecule has 0 radical (unpaired) electrons. The molecule has 5 nitrogen and oxygen atoms in total. The molecule has 2 heterocycles. The van der Waals surface area contributed by atoms with E-state index in [1.54, 1.807) is 0 Å². The summed E-state index contributed by atoms with van der Waals surface area (Å²) in [7, 11) is 1.32. The third kappa shape index (κ3) is 1.63. The number of rotatable bonds is 2.